The maximum atomic E-state index is 12.4. The topological polar surface area (TPSA) is 79.8 Å². The third-order valence-corrected chi connectivity index (χ3v) is 4.84. The van der Waals surface area contributed by atoms with Crippen LogP contribution in [-0.2, 0) is 12.8 Å². The molecule has 24 heavy (non-hydrogen) atoms. The number of thiazole rings is 1. The van der Waals surface area contributed by atoms with Gasteiger partial charge in [0.05, 0.1) is 5.69 Å². The molecule has 0 spiro atoms. The molecule has 0 bridgehead atoms. The number of benzene rings is 1. The van der Waals surface area contributed by atoms with E-state index in [1.165, 1.54) is 4.88 Å². The molecule has 2 aromatic heterocycles. The molecule has 0 unspecified atom stereocenters. The van der Waals surface area contributed by atoms with Crippen molar-refractivity contribution in [2.45, 2.75) is 19.3 Å². The van der Waals surface area contributed by atoms with Crippen LogP contribution in [0.4, 0.5) is 16.8 Å². The molecule has 1 aliphatic rings. The molecule has 7 heteroatoms. The molecule has 3 aromatic rings. The first-order chi connectivity index (χ1) is 11.8. The Morgan fingerprint density at radius 1 is 1.12 bits per heavy atom. The number of carbonyl (C=O) groups is 1. The smallest absolute Gasteiger partial charge is 0.257 e. The Labute approximate surface area is 143 Å². The molecule has 0 fully saturated rings. The Bertz CT molecular complexity index is 856. The number of fused-ring (bicyclic) bond motifs is 1. The Kier molecular flexibility index (Phi) is 3.92. The number of nitrogens with one attached hydrogen (secondary N) is 2. The summed E-state index contributed by atoms with van der Waals surface area (Å²) in [5.41, 5.74) is 2.45. The maximum absolute atomic E-state index is 12.4. The first-order valence-corrected chi connectivity index (χ1v) is 8.53. The molecule has 0 saturated heterocycles. The largest absolute Gasteiger partial charge is 0.324 e. The third-order valence-electron chi connectivity index (χ3n) is 3.76. The van der Waals surface area contributed by atoms with Crippen LogP contribution in [-0.4, -0.2) is 20.9 Å². The number of anilines is 3. The van der Waals surface area contributed by atoms with E-state index >= 15 is 0 Å². The summed E-state index contributed by atoms with van der Waals surface area (Å²) in [4.78, 5) is 26.5. The van der Waals surface area contributed by atoms with Gasteiger partial charge in [0, 0.05) is 28.5 Å². The Hall–Kier alpha value is -2.80. The number of rotatable bonds is 4. The zero-order valence-corrected chi connectivity index (χ0v) is 13.6. The number of carbonyl (C=O) groups excluding carboxylic acids is 1. The molecule has 4 rings (SSSR count). The van der Waals surface area contributed by atoms with Crippen molar-refractivity contribution in [2.75, 3.05) is 10.6 Å². The summed E-state index contributed by atoms with van der Waals surface area (Å²) in [7, 11) is 0. The van der Waals surface area contributed by atoms with E-state index in [-0.39, 0.29) is 5.91 Å². The summed E-state index contributed by atoms with van der Waals surface area (Å²) < 4.78 is 0. The second kappa shape index (κ2) is 6.37. The third kappa shape index (κ3) is 3.11. The summed E-state index contributed by atoms with van der Waals surface area (Å²) in [6.45, 7) is 0. The fourth-order valence-electron chi connectivity index (χ4n) is 2.64. The predicted octanol–water partition coefficient (Wildman–Crippen LogP) is 3.42. The number of hydrogen-bond acceptors (Lipinski definition) is 6. The van der Waals surface area contributed by atoms with E-state index in [2.05, 4.69) is 25.6 Å². The number of aryl methyl sites for hydroxylation is 2. The zero-order chi connectivity index (χ0) is 16.4. The average Bonchev–Trinajstić information content (AvgIpc) is 3.17. The van der Waals surface area contributed by atoms with E-state index in [0.29, 0.717) is 16.6 Å². The SMILES string of the molecule is O=C(Nc1nc2c(s1)CCC2)c1cccc(Nc2ncccn2)c1. The number of aromatic nitrogens is 3. The second-order valence-electron chi connectivity index (χ2n) is 5.47. The van der Waals surface area contributed by atoms with E-state index in [9.17, 15) is 4.79 Å². The molecule has 0 atom stereocenters. The summed E-state index contributed by atoms with van der Waals surface area (Å²) in [5.74, 6) is 0.325. The summed E-state index contributed by atoms with van der Waals surface area (Å²) >= 11 is 1.57. The minimum atomic E-state index is -0.167. The van der Waals surface area contributed by atoms with Crippen LogP contribution in [0.1, 0.15) is 27.3 Å². The molecule has 2 heterocycles. The van der Waals surface area contributed by atoms with Gasteiger partial charge in [-0.2, -0.15) is 0 Å². The van der Waals surface area contributed by atoms with E-state index in [1.54, 1.807) is 41.9 Å². The molecule has 0 radical (unpaired) electrons. The average molecular weight is 337 g/mol. The normalized spacial score (nSPS) is 12.7. The van der Waals surface area contributed by atoms with Gasteiger partial charge < -0.3 is 5.32 Å². The Balaban J connectivity index is 1.48. The van der Waals surface area contributed by atoms with Crippen LogP contribution in [0.15, 0.2) is 42.7 Å². The number of nitrogens with zero attached hydrogens (tertiary/aromatic N) is 3. The Morgan fingerprint density at radius 3 is 2.83 bits per heavy atom. The van der Waals surface area contributed by atoms with Crippen LogP contribution in [0, 0.1) is 0 Å². The van der Waals surface area contributed by atoms with Crippen LogP contribution in [0.25, 0.3) is 0 Å². The van der Waals surface area contributed by atoms with Crippen LogP contribution in [0.5, 0.6) is 0 Å². The summed E-state index contributed by atoms with van der Waals surface area (Å²) in [6, 6.07) is 8.98. The van der Waals surface area contributed by atoms with Gasteiger partial charge in [0.2, 0.25) is 5.95 Å². The van der Waals surface area contributed by atoms with Crippen molar-refractivity contribution in [2.24, 2.45) is 0 Å². The van der Waals surface area contributed by atoms with Gasteiger partial charge in [-0.05, 0) is 43.5 Å². The van der Waals surface area contributed by atoms with Gasteiger partial charge in [0.25, 0.3) is 5.91 Å². The van der Waals surface area contributed by atoms with Gasteiger partial charge in [0.1, 0.15) is 0 Å². The molecule has 6 nitrogen and oxygen atoms in total. The van der Waals surface area contributed by atoms with Crippen molar-refractivity contribution in [3.8, 4) is 0 Å². The number of amides is 1. The van der Waals surface area contributed by atoms with Crippen LogP contribution in [0.3, 0.4) is 0 Å². The van der Waals surface area contributed by atoms with Crippen molar-refractivity contribution >= 4 is 34.0 Å². The highest BCUT2D eigenvalue weighted by atomic mass is 32.1. The molecule has 0 saturated carbocycles. The monoisotopic (exact) mass is 337 g/mol. The van der Waals surface area contributed by atoms with Crippen molar-refractivity contribution in [3.05, 3.63) is 58.9 Å². The standard InChI is InChI=1S/C17H15N5OS/c23-15(22-17-21-13-6-2-7-14(13)24-17)11-4-1-5-12(10-11)20-16-18-8-3-9-19-16/h1,3-5,8-10H,2,6-7H2,(H,18,19,20)(H,21,22,23). The summed E-state index contributed by atoms with van der Waals surface area (Å²) in [5, 5.41) is 6.64. The fourth-order valence-corrected chi connectivity index (χ4v) is 3.69. The maximum Gasteiger partial charge on any atom is 0.257 e. The minimum Gasteiger partial charge on any atom is -0.324 e. The van der Waals surface area contributed by atoms with Crippen molar-refractivity contribution in [1.29, 1.82) is 0 Å². The molecule has 120 valence electrons. The summed E-state index contributed by atoms with van der Waals surface area (Å²) in [6.07, 6.45) is 6.57. The quantitative estimate of drug-likeness (QED) is 0.762. The zero-order valence-electron chi connectivity index (χ0n) is 12.8. The van der Waals surface area contributed by atoms with E-state index in [4.69, 9.17) is 0 Å². The Morgan fingerprint density at radius 2 is 2.00 bits per heavy atom. The number of hydrogen-bond donors (Lipinski definition) is 2. The molecular weight excluding hydrogens is 322 g/mol. The van der Waals surface area contributed by atoms with E-state index in [1.807, 2.05) is 12.1 Å². The highest BCUT2D eigenvalue weighted by molar-refractivity contribution is 7.16. The molecule has 2 N–H and O–H groups in total. The van der Waals surface area contributed by atoms with E-state index < -0.39 is 0 Å². The fraction of sp³-hybridized carbons (Fsp3) is 0.176. The lowest BCUT2D eigenvalue weighted by Gasteiger charge is -2.06. The van der Waals surface area contributed by atoms with Gasteiger partial charge in [-0.15, -0.1) is 11.3 Å². The second-order valence-corrected chi connectivity index (χ2v) is 6.56. The molecule has 0 aliphatic heterocycles. The van der Waals surface area contributed by atoms with Crippen molar-refractivity contribution < 1.29 is 4.79 Å². The molecule has 1 amide bonds. The van der Waals surface area contributed by atoms with Gasteiger partial charge in [-0.1, -0.05) is 6.07 Å². The highest BCUT2D eigenvalue weighted by Gasteiger charge is 2.18. The first kappa shape index (κ1) is 14.8. The van der Waals surface area contributed by atoms with Gasteiger partial charge >= 0.3 is 0 Å². The predicted molar refractivity (Wildman–Crippen MR) is 93.8 cm³/mol. The van der Waals surface area contributed by atoms with Gasteiger partial charge in [-0.25, -0.2) is 15.0 Å². The lowest BCUT2D eigenvalue weighted by Crippen LogP contribution is -2.12. The molecular formula is C17H15N5OS. The van der Waals surface area contributed by atoms with Crippen LogP contribution in [0.2, 0.25) is 0 Å². The van der Waals surface area contributed by atoms with Crippen LogP contribution < -0.4 is 10.6 Å². The van der Waals surface area contributed by atoms with Crippen LogP contribution >= 0.6 is 11.3 Å². The van der Waals surface area contributed by atoms with Crippen molar-refractivity contribution in [3.63, 3.8) is 0 Å². The molecule has 1 aliphatic carbocycles. The van der Waals surface area contributed by atoms with Crippen molar-refractivity contribution in [1.82, 2.24) is 15.0 Å². The lowest BCUT2D eigenvalue weighted by atomic mass is 10.2. The lowest BCUT2D eigenvalue weighted by molar-refractivity contribution is 0.102. The van der Waals surface area contributed by atoms with E-state index in [0.717, 1.165) is 30.6 Å². The highest BCUT2D eigenvalue weighted by Crippen LogP contribution is 2.30. The first-order valence-electron chi connectivity index (χ1n) is 7.72. The van der Waals surface area contributed by atoms with Gasteiger partial charge in [0.15, 0.2) is 5.13 Å². The molecule has 1 aromatic carbocycles. The minimum absolute atomic E-state index is 0.167. The van der Waals surface area contributed by atoms with Gasteiger partial charge in [-0.3, -0.25) is 10.1 Å².